The number of halogens is 1. The first-order chi connectivity index (χ1) is 9.63. The summed E-state index contributed by atoms with van der Waals surface area (Å²) >= 11 is 2.37. The van der Waals surface area contributed by atoms with Crippen LogP contribution < -0.4 is 5.32 Å². The maximum absolute atomic E-state index is 3.84. The highest BCUT2D eigenvalue weighted by molar-refractivity contribution is 14.1. The van der Waals surface area contributed by atoms with E-state index in [2.05, 4.69) is 70.9 Å². The van der Waals surface area contributed by atoms with Crippen LogP contribution in [-0.4, -0.2) is 30.1 Å². The molecule has 2 nitrogen and oxygen atoms in total. The minimum atomic E-state index is 0.679. The molecule has 1 aliphatic carbocycles. The topological polar surface area (TPSA) is 15.3 Å². The van der Waals surface area contributed by atoms with E-state index in [4.69, 9.17) is 0 Å². The average molecular weight is 384 g/mol. The van der Waals surface area contributed by atoms with E-state index in [1.807, 2.05) is 0 Å². The van der Waals surface area contributed by atoms with Crippen molar-refractivity contribution in [3.63, 3.8) is 0 Å². The zero-order valence-corrected chi connectivity index (χ0v) is 14.6. The van der Waals surface area contributed by atoms with Gasteiger partial charge in [0.05, 0.1) is 0 Å². The molecular formula is C17H25IN2. The largest absolute Gasteiger partial charge is 0.382 e. The second-order valence-corrected chi connectivity index (χ2v) is 7.92. The SMILES string of the molecule is CC(C)N1CC2CCCC(C1)C2Nc1ccc(I)cc1. The lowest BCUT2D eigenvalue weighted by Gasteiger charge is -2.49. The number of likely N-dealkylation sites (tertiary alicyclic amines) is 1. The van der Waals surface area contributed by atoms with Crippen molar-refractivity contribution in [2.75, 3.05) is 18.4 Å². The van der Waals surface area contributed by atoms with Gasteiger partial charge in [-0.05, 0) is 85.4 Å². The molecular weight excluding hydrogens is 359 g/mol. The van der Waals surface area contributed by atoms with Crippen LogP contribution in [0, 0.1) is 15.4 Å². The molecule has 20 heavy (non-hydrogen) atoms. The Balaban J connectivity index is 1.72. The minimum absolute atomic E-state index is 0.679. The Labute approximate surface area is 136 Å². The van der Waals surface area contributed by atoms with E-state index in [0.29, 0.717) is 12.1 Å². The van der Waals surface area contributed by atoms with Gasteiger partial charge in [-0.25, -0.2) is 0 Å². The van der Waals surface area contributed by atoms with Gasteiger partial charge < -0.3 is 10.2 Å². The molecule has 3 heteroatoms. The van der Waals surface area contributed by atoms with Crippen molar-refractivity contribution in [3.05, 3.63) is 27.8 Å². The van der Waals surface area contributed by atoms with Gasteiger partial charge in [-0.15, -0.1) is 0 Å². The van der Waals surface area contributed by atoms with Gasteiger partial charge in [-0.1, -0.05) is 6.42 Å². The first kappa shape index (κ1) is 14.6. The van der Waals surface area contributed by atoms with Gasteiger partial charge in [-0.3, -0.25) is 0 Å². The molecule has 2 aliphatic rings. The molecule has 1 saturated heterocycles. The third-order valence-corrected chi connectivity index (χ3v) is 5.73. The van der Waals surface area contributed by atoms with Gasteiger partial charge in [0.1, 0.15) is 0 Å². The van der Waals surface area contributed by atoms with E-state index in [1.165, 1.54) is 41.6 Å². The monoisotopic (exact) mass is 384 g/mol. The van der Waals surface area contributed by atoms with Gasteiger partial charge in [0.2, 0.25) is 0 Å². The Hall–Kier alpha value is -0.290. The standard InChI is InChI=1S/C17H25IN2/c1-12(2)20-10-13-4-3-5-14(11-20)17(13)19-16-8-6-15(18)7-9-16/h6-9,12-14,17,19H,3-5,10-11H2,1-2H3. The van der Waals surface area contributed by atoms with Crippen LogP contribution in [0.5, 0.6) is 0 Å². The molecule has 0 aromatic heterocycles. The Morgan fingerprint density at radius 3 is 2.25 bits per heavy atom. The molecule has 1 heterocycles. The Bertz CT molecular complexity index is 429. The van der Waals surface area contributed by atoms with Crippen molar-refractivity contribution in [1.29, 1.82) is 0 Å². The van der Waals surface area contributed by atoms with E-state index >= 15 is 0 Å². The number of nitrogens with one attached hydrogen (secondary N) is 1. The molecule has 110 valence electrons. The van der Waals surface area contributed by atoms with Crippen molar-refractivity contribution >= 4 is 28.3 Å². The molecule has 1 aromatic carbocycles. The lowest BCUT2D eigenvalue weighted by atomic mass is 9.73. The van der Waals surface area contributed by atoms with Crippen LogP contribution in [0.4, 0.5) is 5.69 Å². The predicted octanol–water partition coefficient (Wildman–Crippen LogP) is 4.21. The number of hydrogen-bond donors (Lipinski definition) is 1. The van der Waals surface area contributed by atoms with E-state index < -0.39 is 0 Å². The van der Waals surface area contributed by atoms with E-state index in [0.717, 1.165) is 11.8 Å². The van der Waals surface area contributed by atoms with Crippen molar-refractivity contribution in [2.24, 2.45) is 11.8 Å². The molecule has 1 aromatic rings. The predicted molar refractivity (Wildman–Crippen MR) is 94.1 cm³/mol. The third kappa shape index (κ3) is 3.14. The summed E-state index contributed by atoms with van der Waals surface area (Å²) in [6, 6.07) is 10.2. The van der Waals surface area contributed by atoms with Crippen molar-refractivity contribution in [1.82, 2.24) is 4.90 Å². The maximum atomic E-state index is 3.84. The summed E-state index contributed by atoms with van der Waals surface area (Å²) in [4.78, 5) is 2.68. The van der Waals surface area contributed by atoms with Crippen LogP contribution >= 0.6 is 22.6 Å². The quantitative estimate of drug-likeness (QED) is 0.786. The number of piperidine rings is 1. The summed E-state index contributed by atoms with van der Waals surface area (Å²) in [6.07, 6.45) is 4.20. The summed E-state index contributed by atoms with van der Waals surface area (Å²) < 4.78 is 1.31. The second-order valence-electron chi connectivity index (χ2n) is 6.68. The molecule has 0 radical (unpaired) electrons. The first-order valence-corrected chi connectivity index (χ1v) is 8.97. The van der Waals surface area contributed by atoms with Gasteiger partial charge in [-0.2, -0.15) is 0 Å². The van der Waals surface area contributed by atoms with Crippen LogP contribution in [-0.2, 0) is 0 Å². The highest BCUT2D eigenvalue weighted by Crippen LogP contribution is 2.37. The molecule has 0 spiro atoms. The normalized spacial score (nSPS) is 30.5. The van der Waals surface area contributed by atoms with E-state index in [9.17, 15) is 0 Å². The van der Waals surface area contributed by atoms with Gasteiger partial charge in [0.15, 0.2) is 0 Å². The Morgan fingerprint density at radius 1 is 1.10 bits per heavy atom. The van der Waals surface area contributed by atoms with Crippen LogP contribution in [0.1, 0.15) is 33.1 Å². The number of benzene rings is 1. The van der Waals surface area contributed by atoms with Crippen LogP contribution in [0.3, 0.4) is 0 Å². The fraction of sp³-hybridized carbons (Fsp3) is 0.647. The Kier molecular flexibility index (Phi) is 4.55. The number of hydrogen-bond acceptors (Lipinski definition) is 2. The molecule has 0 amide bonds. The molecule has 1 saturated carbocycles. The number of nitrogens with zero attached hydrogens (tertiary/aromatic N) is 1. The van der Waals surface area contributed by atoms with Gasteiger partial charge in [0.25, 0.3) is 0 Å². The zero-order valence-electron chi connectivity index (χ0n) is 12.5. The summed E-state index contributed by atoms with van der Waals surface area (Å²) in [5.41, 5.74) is 1.30. The van der Waals surface area contributed by atoms with Gasteiger partial charge >= 0.3 is 0 Å². The lowest BCUT2D eigenvalue weighted by molar-refractivity contribution is 0.0518. The highest BCUT2D eigenvalue weighted by atomic mass is 127. The number of anilines is 1. The summed E-state index contributed by atoms with van der Waals surface area (Å²) in [5, 5.41) is 3.84. The van der Waals surface area contributed by atoms with Crippen molar-refractivity contribution in [2.45, 2.75) is 45.2 Å². The second kappa shape index (κ2) is 6.22. The molecule has 1 aliphatic heterocycles. The van der Waals surface area contributed by atoms with Crippen molar-refractivity contribution < 1.29 is 0 Å². The van der Waals surface area contributed by atoms with E-state index in [1.54, 1.807) is 0 Å². The third-order valence-electron chi connectivity index (χ3n) is 5.01. The molecule has 1 N–H and O–H groups in total. The zero-order chi connectivity index (χ0) is 14.1. The summed E-state index contributed by atoms with van der Waals surface area (Å²) in [5.74, 6) is 1.65. The van der Waals surface area contributed by atoms with Crippen molar-refractivity contribution in [3.8, 4) is 0 Å². The number of rotatable bonds is 3. The maximum Gasteiger partial charge on any atom is 0.0343 e. The fourth-order valence-corrected chi connectivity index (χ4v) is 4.23. The summed E-state index contributed by atoms with van der Waals surface area (Å²) in [7, 11) is 0. The highest BCUT2D eigenvalue weighted by Gasteiger charge is 2.39. The first-order valence-electron chi connectivity index (χ1n) is 7.89. The number of fused-ring (bicyclic) bond motifs is 2. The van der Waals surface area contributed by atoms with E-state index in [-0.39, 0.29) is 0 Å². The molecule has 2 fully saturated rings. The van der Waals surface area contributed by atoms with Crippen LogP contribution in [0.25, 0.3) is 0 Å². The Morgan fingerprint density at radius 2 is 1.70 bits per heavy atom. The molecule has 2 atom stereocenters. The molecule has 2 unspecified atom stereocenters. The average Bonchev–Trinajstić information content (AvgIpc) is 2.40. The molecule has 3 rings (SSSR count). The lowest BCUT2D eigenvalue weighted by Crippen LogP contribution is -2.56. The minimum Gasteiger partial charge on any atom is -0.382 e. The fourth-order valence-electron chi connectivity index (χ4n) is 3.87. The van der Waals surface area contributed by atoms with Crippen LogP contribution in [0.15, 0.2) is 24.3 Å². The van der Waals surface area contributed by atoms with Gasteiger partial charge in [0, 0.05) is 34.4 Å². The smallest absolute Gasteiger partial charge is 0.0343 e. The summed E-state index contributed by atoms with van der Waals surface area (Å²) in [6.45, 7) is 7.22. The van der Waals surface area contributed by atoms with Crippen LogP contribution in [0.2, 0.25) is 0 Å². The molecule has 2 bridgehead atoms.